The van der Waals surface area contributed by atoms with Crippen molar-refractivity contribution in [2.45, 2.75) is 51.3 Å². The van der Waals surface area contributed by atoms with E-state index in [9.17, 15) is 9.90 Å². The van der Waals surface area contributed by atoms with Gasteiger partial charge in [-0.1, -0.05) is 0 Å². The molecule has 5 nitrogen and oxygen atoms in total. The van der Waals surface area contributed by atoms with Gasteiger partial charge in [0.05, 0.1) is 0 Å². The number of likely N-dealkylation sites (tertiary alicyclic amines) is 1. The van der Waals surface area contributed by atoms with E-state index < -0.39 is 5.60 Å². The monoisotopic (exact) mass is 256 g/mol. The van der Waals surface area contributed by atoms with Crippen molar-refractivity contribution in [2.75, 3.05) is 19.7 Å². The lowest BCUT2D eigenvalue weighted by Gasteiger charge is -2.24. The summed E-state index contributed by atoms with van der Waals surface area (Å²) in [7, 11) is 0. The van der Waals surface area contributed by atoms with Gasteiger partial charge in [-0.15, -0.1) is 0 Å². The van der Waals surface area contributed by atoms with E-state index in [2.05, 4.69) is 5.32 Å². The molecule has 1 aliphatic carbocycles. The van der Waals surface area contributed by atoms with E-state index in [0.717, 1.165) is 0 Å². The Hall–Kier alpha value is -0.810. The molecular formula is C13H24N2O3. The van der Waals surface area contributed by atoms with Crippen molar-refractivity contribution in [1.29, 1.82) is 0 Å². The summed E-state index contributed by atoms with van der Waals surface area (Å²) in [4.78, 5) is 13.7. The molecule has 2 unspecified atom stereocenters. The summed E-state index contributed by atoms with van der Waals surface area (Å²) in [6.07, 6.45) is 2.14. The number of aliphatic hydroxyl groups is 1. The van der Waals surface area contributed by atoms with Crippen molar-refractivity contribution in [2.24, 2.45) is 5.92 Å². The van der Waals surface area contributed by atoms with Gasteiger partial charge < -0.3 is 20.1 Å². The van der Waals surface area contributed by atoms with Crippen molar-refractivity contribution < 1.29 is 14.6 Å². The molecule has 1 saturated carbocycles. The molecule has 0 radical (unpaired) electrons. The maximum absolute atomic E-state index is 12.0. The molecule has 0 spiro atoms. The average molecular weight is 256 g/mol. The summed E-state index contributed by atoms with van der Waals surface area (Å²) in [5.74, 6) is 0.123. The SMILES string of the molecule is CC(C)(C)OC(=O)N1CC(CO)C(NC2CC2)C1. The molecule has 104 valence electrons. The van der Waals surface area contributed by atoms with Gasteiger partial charge in [0, 0.05) is 37.7 Å². The van der Waals surface area contributed by atoms with E-state index in [4.69, 9.17) is 4.74 Å². The molecule has 1 aliphatic heterocycles. The molecule has 1 amide bonds. The number of ether oxygens (including phenoxy) is 1. The zero-order valence-corrected chi connectivity index (χ0v) is 11.5. The van der Waals surface area contributed by atoms with Crippen molar-refractivity contribution >= 4 is 6.09 Å². The summed E-state index contributed by atoms with van der Waals surface area (Å²) < 4.78 is 5.36. The summed E-state index contributed by atoms with van der Waals surface area (Å²) in [6.45, 7) is 6.93. The van der Waals surface area contributed by atoms with Crippen molar-refractivity contribution in [3.05, 3.63) is 0 Å². The van der Waals surface area contributed by atoms with Crippen LogP contribution in [-0.2, 0) is 4.74 Å². The summed E-state index contributed by atoms with van der Waals surface area (Å²) >= 11 is 0. The lowest BCUT2D eigenvalue weighted by atomic mass is 10.1. The zero-order valence-electron chi connectivity index (χ0n) is 11.5. The fourth-order valence-electron chi connectivity index (χ4n) is 2.27. The van der Waals surface area contributed by atoms with E-state index in [1.807, 2.05) is 20.8 Å². The van der Waals surface area contributed by atoms with E-state index in [1.54, 1.807) is 4.90 Å². The standard InChI is InChI=1S/C13H24N2O3/c1-13(2,3)18-12(17)15-6-9(8-16)11(7-15)14-10-4-5-10/h9-11,14,16H,4-8H2,1-3H3. The molecule has 0 aromatic carbocycles. The Morgan fingerprint density at radius 3 is 2.56 bits per heavy atom. The number of carbonyl (C=O) groups is 1. The first-order valence-electron chi connectivity index (χ1n) is 6.74. The molecule has 0 bridgehead atoms. The summed E-state index contributed by atoms with van der Waals surface area (Å²) in [5, 5.41) is 12.9. The third-order valence-corrected chi connectivity index (χ3v) is 3.35. The average Bonchev–Trinajstić information content (AvgIpc) is 2.94. The molecule has 0 aromatic rings. The summed E-state index contributed by atoms with van der Waals surface area (Å²) in [5.41, 5.74) is -0.464. The Kier molecular flexibility index (Phi) is 3.82. The minimum Gasteiger partial charge on any atom is -0.444 e. The molecule has 2 rings (SSSR count). The molecule has 2 N–H and O–H groups in total. The van der Waals surface area contributed by atoms with Gasteiger partial charge >= 0.3 is 6.09 Å². The van der Waals surface area contributed by atoms with Crippen LogP contribution in [0.3, 0.4) is 0 Å². The number of nitrogens with one attached hydrogen (secondary N) is 1. The van der Waals surface area contributed by atoms with Gasteiger partial charge in [-0.2, -0.15) is 0 Å². The lowest BCUT2D eigenvalue weighted by molar-refractivity contribution is 0.0282. The van der Waals surface area contributed by atoms with E-state index in [0.29, 0.717) is 19.1 Å². The van der Waals surface area contributed by atoms with E-state index in [1.165, 1.54) is 12.8 Å². The van der Waals surface area contributed by atoms with Gasteiger partial charge in [0.1, 0.15) is 5.60 Å². The second-order valence-electron chi connectivity index (χ2n) is 6.38. The highest BCUT2D eigenvalue weighted by molar-refractivity contribution is 5.68. The molecule has 5 heteroatoms. The van der Waals surface area contributed by atoms with Gasteiger partial charge in [-0.3, -0.25) is 0 Å². The number of carbonyl (C=O) groups excluding carboxylic acids is 1. The molecular weight excluding hydrogens is 232 g/mol. The topological polar surface area (TPSA) is 61.8 Å². The van der Waals surface area contributed by atoms with Crippen LogP contribution in [0.5, 0.6) is 0 Å². The summed E-state index contributed by atoms with van der Waals surface area (Å²) in [6, 6.07) is 0.789. The van der Waals surface area contributed by atoms with Crippen LogP contribution in [0, 0.1) is 5.92 Å². The predicted molar refractivity (Wildman–Crippen MR) is 68.3 cm³/mol. The largest absolute Gasteiger partial charge is 0.444 e. The predicted octanol–water partition coefficient (Wildman–Crippen LogP) is 0.966. The second kappa shape index (κ2) is 5.05. The van der Waals surface area contributed by atoms with Gasteiger partial charge in [-0.05, 0) is 33.6 Å². The molecule has 0 aromatic heterocycles. The minimum absolute atomic E-state index is 0.115. The number of aliphatic hydroxyl groups excluding tert-OH is 1. The van der Waals surface area contributed by atoms with Crippen molar-refractivity contribution in [3.8, 4) is 0 Å². The van der Waals surface area contributed by atoms with E-state index >= 15 is 0 Å². The highest BCUT2D eigenvalue weighted by atomic mass is 16.6. The maximum atomic E-state index is 12.0. The number of rotatable bonds is 3. The number of amides is 1. The van der Waals surface area contributed by atoms with Crippen LogP contribution in [0.4, 0.5) is 4.79 Å². The Bertz CT molecular complexity index is 310. The number of hydrogen-bond acceptors (Lipinski definition) is 4. The molecule has 2 aliphatic rings. The van der Waals surface area contributed by atoms with E-state index in [-0.39, 0.29) is 24.7 Å². The van der Waals surface area contributed by atoms with Crippen LogP contribution in [0.15, 0.2) is 0 Å². The fraction of sp³-hybridized carbons (Fsp3) is 0.923. The number of hydrogen-bond donors (Lipinski definition) is 2. The Morgan fingerprint density at radius 1 is 1.39 bits per heavy atom. The third kappa shape index (κ3) is 3.59. The minimum atomic E-state index is -0.464. The van der Waals surface area contributed by atoms with Gasteiger partial charge in [-0.25, -0.2) is 4.79 Å². The lowest BCUT2D eigenvalue weighted by Crippen LogP contribution is -2.40. The Morgan fingerprint density at radius 2 is 2.06 bits per heavy atom. The molecule has 1 saturated heterocycles. The van der Waals surface area contributed by atoms with Crippen LogP contribution in [0.2, 0.25) is 0 Å². The first kappa shape index (κ1) is 13.6. The third-order valence-electron chi connectivity index (χ3n) is 3.35. The smallest absolute Gasteiger partial charge is 0.410 e. The molecule has 2 atom stereocenters. The van der Waals surface area contributed by atoms with Crippen molar-refractivity contribution in [1.82, 2.24) is 10.2 Å². The zero-order chi connectivity index (χ0) is 13.3. The Labute approximate surface area is 108 Å². The van der Waals surface area contributed by atoms with Crippen LogP contribution < -0.4 is 5.32 Å². The normalized spacial score (nSPS) is 28.6. The van der Waals surface area contributed by atoms with Crippen molar-refractivity contribution in [3.63, 3.8) is 0 Å². The highest BCUT2D eigenvalue weighted by Gasteiger charge is 2.39. The van der Waals surface area contributed by atoms with Gasteiger partial charge in [0.2, 0.25) is 0 Å². The van der Waals surface area contributed by atoms with Gasteiger partial charge in [0.15, 0.2) is 0 Å². The highest BCUT2D eigenvalue weighted by Crippen LogP contribution is 2.25. The van der Waals surface area contributed by atoms with Crippen LogP contribution >= 0.6 is 0 Å². The van der Waals surface area contributed by atoms with Crippen LogP contribution in [0.1, 0.15) is 33.6 Å². The first-order chi connectivity index (χ1) is 8.39. The number of nitrogens with zero attached hydrogens (tertiary/aromatic N) is 1. The van der Waals surface area contributed by atoms with Crippen LogP contribution in [0.25, 0.3) is 0 Å². The maximum Gasteiger partial charge on any atom is 0.410 e. The molecule has 18 heavy (non-hydrogen) atoms. The quantitative estimate of drug-likeness (QED) is 0.790. The Balaban J connectivity index is 1.88. The second-order valence-corrected chi connectivity index (χ2v) is 6.38. The molecule has 1 heterocycles. The van der Waals surface area contributed by atoms with Gasteiger partial charge in [0.25, 0.3) is 0 Å². The molecule has 2 fully saturated rings. The first-order valence-corrected chi connectivity index (χ1v) is 6.74. The fourth-order valence-corrected chi connectivity index (χ4v) is 2.27. The van der Waals surface area contributed by atoms with Crippen LogP contribution in [-0.4, -0.2) is 53.5 Å².